The molecule has 1 heterocycles. The van der Waals surface area contributed by atoms with Gasteiger partial charge in [0.25, 0.3) is 0 Å². The normalized spacial score (nSPS) is 48.1. The molecule has 1 aliphatic carbocycles. The summed E-state index contributed by atoms with van der Waals surface area (Å²) in [5.74, 6) is -0.909. The van der Waals surface area contributed by atoms with Crippen LogP contribution in [0.25, 0.3) is 0 Å². The van der Waals surface area contributed by atoms with Crippen LogP contribution in [0.1, 0.15) is 19.3 Å². The number of carboxylic acid groups (broad SMARTS) is 1. The van der Waals surface area contributed by atoms with Crippen LogP contribution in [0.4, 0.5) is 0 Å². The first-order valence-electron chi connectivity index (χ1n) is 3.70. The summed E-state index contributed by atoms with van der Waals surface area (Å²) >= 11 is 5.85. The summed E-state index contributed by atoms with van der Waals surface area (Å²) in [6.45, 7) is 0. The summed E-state index contributed by atoms with van der Waals surface area (Å²) in [5, 5.41) is 8.75. The molecule has 1 N–H and O–H groups in total. The molecule has 0 aromatic heterocycles. The zero-order chi connectivity index (χ0) is 8.06. The summed E-state index contributed by atoms with van der Waals surface area (Å²) in [7, 11) is 0. The molecule has 1 saturated carbocycles. The average Bonchev–Trinajstić information content (AvgIpc) is 2.65. The highest BCUT2D eigenvalue weighted by Crippen LogP contribution is 2.44. The lowest BCUT2D eigenvalue weighted by molar-refractivity contribution is -0.140. The Balaban J connectivity index is 2.08. The molecule has 62 valence electrons. The van der Waals surface area contributed by atoms with E-state index in [9.17, 15) is 4.79 Å². The van der Waals surface area contributed by atoms with E-state index in [2.05, 4.69) is 0 Å². The van der Waals surface area contributed by atoms with E-state index in [-0.39, 0.29) is 6.10 Å². The Morgan fingerprint density at radius 3 is 2.91 bits per heavy atom. The highest BCUT2D eigenvalue weighted by Gasteiger charge is 2.53. The standard InChI is InChI=1S/C7H9ClO3/c8-7(6(9)10)2-1-4-5(3-7)11-4/h4-5H,1-3H2,(H,9,10). The highest BCUT2D eigenvalue weighted by atomic mass is 35.5. The van der Waals surface area contributed by atoms with Crippen molar-refractivity contribution < 1.29 is 14.6 Å². The SMILES string of the molecule is O=C(O)C1(Cl)CCC2OC2C1. The van der Waals surface area contributed by atoms with Gasteiger partial charge < -0.3 is 9.84 Å². The third-order valence-corrected chi connectivity index (χ3v) is 2.93. The third-order valence-electron chi connectivity index (χ3n) is 2.42. The number of alkyl halides is 1. The van der Waals surface area contributed by atoms with E-state index in [0.29, 0.717) is 18.9 Å². The van der Waals surface area contributed by atoms with E-state index in [1.165, 1.54) is 0 Å². The number of carbonyl (C=O) groups is 1. The van der Waals surface area contributed by atoms with Crippen molar-refractivity contribution in [3.63, 3.8) is 0 Å². The monoisotopic (exact) mass is 176 g/mol. The Hall–Kier alpha value is -0.280. The molecule has 1 aliphatic heterocycles. The van der Waals surface area contributed by atoms with Gasteiger partial charge in [-0.1, -0.05) is 0 Å². The minimum atomic E-state index is -1.04. The van der Waals surface area contributed by atoms with Crippen LogP contribution in [0.5, 0.6) is 0 Å². The van der Waals surface area contributed by atoms with Crippen molar-refractivity contribution in [1.82, 2.24) is 0 Å². The fourth-order valence-electron chi connectivity index (χ4n) is 1.60. The van der Waals surface area contributed by atoms with Crippen LogP contribution in [0.2, 0.25) is 0 Å². The Bertz CT molecular complexity index is 206. The van der Waals surface area contributed by atoms with Gasteiger partial charge in [-0.05, 0) is 12.8 Å². The largest absolute Gasteiger partial charge is 0.480 e. The summed E-state index contributed by atoms with van der Waals surface area (Å²) in [4.78, 5) is 9.61. The van der Waals surface area contributed by atoms with Gasteiger partial charge in [-0.25, -0.2) is 0 Å². The van der Waals surface area contributed by atoms with E-state index in [1.807, 2.05) is 0 Å². The second kappa shape index (κ2) is 2.11. The van der Waals surface area contributed by atoms with E-state index in [0.717, 1.165) is 6.42 Å². The van der Waals surface area contributed by atoms with Crippen LogP contribution < -0.4 is 0 Å². The van der Waals surface area contributed by atoms with Crippen LogP contribution in [0.15, 0.2) is 0 Å². The van der Waals surface area contributed by atoms with Gasteiger partial charge in [-0.2, -0.15) is 0 Å². The first-order chi connectivity index (χ1) is 5.12. The maximum absolute atomic E-state index is 10.7. The van der Waals surface area contributed by atoms with Crippen molar-refractivity contribution in [3.05, 3.63) is 0 Å². The second-order valence-corrected chi connectivity index (χ2v) is 3.95. The molecule has 2 aliphatic rings. The van der Waals surface area contributed by atoms with Gasteiger partial charge in [-0.3, -0.25) is 4.79 Å². The minimum Gasteiger partial charge on any atom is -0.480 e. The number of halogens is 1. The summed E-state index contributed by atoms with van der Waals surface area (Å²) < 4.78 is 5.18. The smallest absolute Gasteiger partial charge is 0.324 e. The minimum absolute atomic E-state index is 0.123. The van der Waals surface area contributed by atoms with Crippen molar-refractivity contribution in [3.8, 4) is 0 Å². The molecule has 0 amide bonds. The van der Waals surface area contributed by atoms with Crippen molar-refractivity contribution in [2.75, 3.05) is 0 Å². The Morgan fingerprint density at radius 2 is 2.36 bits per heavy atom. The van der Waals surface area contributed by atoms with Gasteiger partial charge in [0.1, 0.15) is 4.87 Å². The zero-order valence-electron chi connectivity index (χ0n) is 5.92. The van der Waals surface area contributed by atoms with Gasteiger partial charge in [0.05, 0.1) is 12.2 Å². The van der Waals surface area contributed by atoms with Gasteiger partial charge in [0, 0.05) is 6.42 Å². The molecule has 3 nitrogen and oxygen atoms in total. The number of hydrogen-bond donors (Lipinski definition) is 1. The molecule has 1 saturated heterocycles. The molecule has 0 spiro atoms. The molecular formula is C7H9ClO3. The molecule has 0 radical (unpaired) electrons. The number of fused-ring (bicyclic) bond motifs is 1. The second-order valence-electron chi connectivity index (χ2n) is 3.23. The highest BCUT2D eigenvalue weighted by molar-refractivity contribution is 6.33. The Morgan fingerprint density at radius 1 is 1.64 bits per heavy atom. The van der Waals surface area contributed by atoms with Crippen LogP contribution >= 0.6 is 11.6 Å². The number of hydrogen-bond acceptors (Lipinski definition) is 2. The molecule has 0 aromatic carbocycles. The molecular weight excluding hydrogens is 168 g/mol. The molecule has 0 bridgehead atoms. The lowest BCUT2D eigenvalue weighted by Crippen LogP contribution is -2.37. The lowest BCUT2D eigenvalue weighted by Gasteiger charge is -2.23. The van der Waals surface area contributed by atoms with Crippen molar-refractivity contribution in [1.29, 1.82) is 0 Å². The third kappa shape index (κ3) is 1.12. The van der Waals surface area contributed by atoms with Crippen molar-refractivity contribution in [2.45, 2.75) is 36.3 Å². The van der Waals surface area contributed by atoms with E-state index < -0.39 is 10.8 Å². The van der Waals surface area contributed by atoms with Gasteiger partial charge in [-0.15, -0.1) is 11.6 Å². The predicted octanol–water partition coefficient (Wildman–Crippen LogP) is 1.000. The molecule has 3 atom stereocenters. The van der Waals surface area contributed by atoms with Crippen LogP contribution in [0.3, 0.4) is 0 Å². The maximum atomic E-state index is 10.7. The number of rotatable bonds is 1. The van der Waals surface area contributed by atoms with Gasteiger partial charge in [0.2, 0.25) is 0 Å². The molecule has 2 fully saturated rings. The van der Waals surface area contributed by atoms with Crippen LogP contribution in [-0.2, 0) is 9.53 Å². The topological polar surface area (TPSA) is 49.8 Å². The number of epoxide rings is 1. The van der Waals surface area contributed by atoms with Crippen LogP contribution in [0, 0.1) is 0 Å². The van der Waals surface area contributed by atoms with E-state index in [4.69, 9.17) is 21.4 Å². The average molecular weight is 177 g/mol. The van der Waals surface area contributed by atoms with Crippen LogP contribution in [-0.4, -0.2) is 28.2 Å². The summed E-state index contributed by atoms with van der Waals surface area (Å²) in [6.07, 6.45) is 2.22. The quantitative estimate of drug-likeness (QED) is 0.479. The number of carboxylic acids is 1. The first kappa shape index (κ1) is 7.37. The van der Waals surface area contributed by atoms with E-state index >= 15 is 0 Å². The zero-order valence-corrected chi connectivity index (χ0v) is 6.67. The predicted molar refractivity (Wildman–Crippen MR) is 38.7 cm³/mol. The summed E-state index contributed by atoms with van der Waals surface area (Å²) in [6, 6.07) is 0. The number of aliphatic carboxylic acids is 1. The maximum Gasteiger partial charge on any atom is 0.324 e. The first-order valence-corrected chi connectivity index (χ1v) is 4.07. The Labute approximate surface area is 69.3 Å². The van der Waals surface area contributed by atoms with Gasteiger partial charge >= 0.3 is 5.97 Å². The molecule has 2 rings (SSSR count). The number of ether oxygens (including phenoxy) is 1. The van der Waals surface area contributed by atoms with E-state index in [1.54, 1.807) is 0 Å². The van der Waals surface area contributed by atoms with Gasteiger partial charge in [0.15, 0.2) is 0 Å². The van der Waals surface area contributed by atoms with Crippen molar-refractivity contribution in [2.24, 2.45) is 0 Å². The molecule has 0 aromatic rings. The Kier molecular flexibility index (Phi) is 1.41. The molecule has 4 heteroatoms. The molecule has 3 unspecified atom stereocenters. The fourth-order valence-corrected chi connectivity index (χ4v) is 1.86. The summed E-state index contributed by atoms with van der Waals surface area (Å²) in [5.41, 5.74) is 0. The lowest BCUT2D eigenvalue weighted by atomic mass is 9.88. The molecule has 11 heavy (non-hydrogen) atoms. The fraction of sp³-hybridized carbons (Fsp3) is 0.857. The van der Waals surface area contributed by atoms with Crippen molar-refractivity contribution >= 4 is 17.6 Å².